The second kappa shape index (κ2) is 5.57. The van der Waals surface area contributed by atoms with Crippen LogP contribution in [0.5, 0.6) is 0 Å². The van der Waals surface area contributed by atoms with Gasteiger partial charge in [0.05, 0.1) is 6.10 Å². The summed E-state index contributed by atoms with van der Waals surface area (Å²) in [4.78, 5) is 0. The van der Waals surface area contributed by atoms with Gasteiger partial charge in [-0.1, -0.05) is 20.3 Å². The normalized spacial score (nSPS) is 49.5. The Labute approximate surface area is 120 Å². The smallest absolute Gasteiger partial charge is 0.0669 e. The topological polar surface area (TPSA) is 20.2 Å². The van der Waals surface area contributed by atoms with Crippen molar-refractivity contribution in [2.24, 2.45) is 17.8 Å². The molecule has 1 aliphatic heterocycles. The molecule has 0 aromatic heterocycles. The predicted octanol–water partition coefficient (Wildman–Crippen LogP) is 3.80. The van der Waals surface area contributed by atoms with E-state index in [0.717, 1.165) is 35.2 Å². The highest BCUT2D eigenvalue weighted by Gasteiger charge is 2.41. The zero-order valence-corrected chi connectivity index (χ0v) is 13.2. The summed E-state index contributed by atoms with van der Waals surface area (Å²) in [5.74, 6) is 3.97. The van der Waals surface area contributed by atoms with Crippen molar-refractivity contribution in [1.82, 2.24) is 0 Å². The Bertz CT molecular complexity index is 296. The number of aliphatic hydroxyl groups excluding tert-OH is 1. The summed E-state index contributed by atoms with van der Waals surface area (Å²) in [5.41, 5.74) is 0. The molecular formula is C15H26OS2. The number of fused-ring (bicyclic) bond motifs is 2. The Kier molecular flexibility index (Phi) is 4.22. The van der Waals surface area contributed by atoms with Crippen LogP contribution in [-0.4, -0.2) is 32.7 Å². The van der Waals surface area contributed by atoms with E-state index < -0.39 is 0 Å². The van der Waals surface area contributed by atoms with Crippen molar-refractivity contribution >= 4 is 23.5 Å². The first-order chi connectivity index (χ1) is 8.63. The van der Waals surface area contributed by atoms with Crippen LogP contribution < -0.4 is 0 Å². The molecule has 104 valence electrons. The monoisotopic (exact) mass is 286 g/mol. The molecule has 2 bridgehead atoms. The predicted molar refractivity (Wildman–Crippen MR) is 82.3 cm³/mol. The number of rotatable bonds is 3. The van der Waals surface area contributed by atoms with Gasteiger partial charge in [0.1, 0.15) is 0 Å². The molecule has 0 aromatic rings. The zero-order chi connectivity index (χ0) is 12.7. The minimum atomic E-state index is -0.0539. The molecule has 2 aliphatic carbocycles. The zero-order valence-electron chi connectivity index (χ0n) is 11.5. The fourth-order valence-corrected chi connectivity index (χ4v) is 7.17. The van der Waals surface area contributed by atoms with Crippen molar-refractivity contribution in [3.63, 3.8) is 0 Å². The molecule has 0 aromatic carbocycles. The molecule has 3 aliphatic rings. The van der Waals surface area contributed by atoms with Gasteiger partial charge in [-0.05, 0) is 43.4 Å². The average Bonchev–Trinajstić information content (AvgIpc) is 2.94. The van der Waals surface area contributed by atoms with Crippen LogP contribution in [0.25, 0.3) is 0 Å². The van der Waals surface area contributed by atoms with Gasteiger partial charge >= 0.3 is 0 Å². The highest BCUT2D eigenvalue weighted by molar-refractivity contribution is 8.07. The molecular weight excluding hydrogens is 260 g/mol. The van der Waals surface area contributed by atoms with E-state index in [1.165, 1.54) is 25.7 Å². The molecule has 0 radical (unpaired) electrons. The first-order valence-corrected chi connectivity index (χ1v) is 9.57. The third-order valence-corrected chi connectivity index (χ3v) is 8.97. The van der Waals surface area contributed by atoms with Crippen LogP contribution in [0.2, 0.25) is 0 Å². The second-order valence-electron chi connectivity index (χ2n) is 6.66. The summed E-state index contributed by atoms with van der Waals surface area (Å²) in [6.45, 7) is 4.64. The van der Waals surface area contributed by atoms with Gasteiger partial charge in [-0.15, -0.1) is 0 Å². The Morgan fingerprint density at radius 3 is 2.61 bits per heavy atom. The van der Waals surface area contributed by atoms with E-state index in [1.54, 1.807) is 0 Å². The third-order valence-electron chi connectivity index (χ3n) is 5.43. The molecule has 7 unspecified atom stereocenters. The Hall–Kier alpha value is 0.660. The number of hydrogen-bond acceptors (Lipinski definition) is 3. The van der Waals surface area contributed by atoms with Crippen LogP contribution in [0.15, 0.2) is 0 Å². The summed E-state index contributed by atoms with van der Waals surface area (Å²) in [7, 11) is 0. The lowest BCUT2D eigenvalue weighted by Crippen LogP contribution is -2.36. The molecule has 0 spiro atoms. The maximum absolute atomic E-state index is 10.5. The Morgan fingerprint density at radius 2 is 2.00 bits per heavy atom. The summed E-state index contributed by atoms with van der Waals surface area (Å²) < 4.78 is 0. The molecule has 3 fully saturated rings. The minimum absolute atomic E-state index is 0.0539. The van der Waals surface area contributed by atoms with Gasteiger partial charge in [0.15, 0.2) is 0 Å². The third kappa shape index (κ3) is 2.73. The van der Waals surface area contributed by atoms with Crippen LogP contribution in [-0.2, 0) is 0 Å². The standard InChI is InChI=1S/C15H26OS2/c1-9-10(2)18-15(8-17-9)14(16)7-13-6-11-3-4-12(13)5-11/h9-16H,3-8H2,1-2H3. The number of aliphatic hydroxyl groups is 1. The van der Waals surface area contributed by atoms with Gasteiger partial charge in [-0.25, -0.2) is 0 Å². The maximum atomic E-state index is 10.5. The van der Waals surface area contributed by atoms with Crippen LogP contribution in [0, 0.1) is 17.8 Å². The van der Waals surface area contributed by atoms with E-state index in [-0.39, 0.29) is 6.10 Å². The molecule has 3 heteroatoms. The lowest BCUT2D eigenvalue weighted by Gasteiger charge is -2.35. The first kappa shape index (κ1) is 13.6. The van der Waals surface area contributed by atoms with Crippen molar-refractivity contribution in [3.05, 3.63) is 0 Å². The van der Waals surface area contributed by atoms with Crippen LogP contribution >= 0.6 is 23.5 Å². The summed E-state index contributed by atoms with van der Waals surface area (Å²) in [6, 6.07) is 0. The lowest BCUT2D eigenvalue weighted by atomic mass is 9.84. The Balaban J connectivity index is 1.51. The van der Waals surface area contributed by atoms with Crippen molar-refractivity contribution in [2.45, 2.75) is 67.8 Å². The van der Waals surface area contributed by atoms with Gasteiger partial charge in [0.25, 0.3) is 0 Å². The van der Waals surface area contributed by atoms with Crippen molar-refractivity contribution in [2.75, 3.05) is 5.75 Å². The SMILES string of the molecule is CC1SCC(C(O)CC2CC3CCC2C3)SC1C. The molecule has 0 amide bonds. The average molecular weight is 287 g/mol. The van der Waals surface area contributed by atoms with Gasteiger partial charge in [-0.3, -0.25) is 0 Å². The van der Waals surface area contributed by atoms with E-state index in [9.17, 15) is 5.11 Å². The fourth-order valence-electron chi connectivity index (χ4n) is 4.14. The molecule has 3 rings (SSSR count). The maximum Gasteiger partial charge on any atom is 0.0669 e. The molecule has 1 N–H and O–H groups in total. The molecule has 7 atom stereocenters. The van der Waals surface area contributed by atoms with E-state index in [4.69, 9.17) is 0 Å². The second-order valence-corrected chi connectivity index (χ2v) is 9.69. The van der Waals surface area contributed by atoms with E-state index in [1.807, 2.05) is 11.8 Å². The fraction of sp³-hybridized carbons (Fsp3) is 1.00. The van der Waals surface area contributed by atoms with Crippen molar-refractivity contribution in [1.29, 1.82) is 0 Å². The number of thioether (sulfide) groups is 2. The first-order valence-electron chi connectivity index (χ1n) is 7.58. The largest absolute Gasteiger partial charge is 0.392 e. The van der Waals surface area contributed by atoms with Crippen LogP contribution in [0.1, 0.15) is 46.0 Å². The van der Waals surface area contributed by atoms with E-state index in [0.29, 0.717) is 10.5 Å². The molecule has 18 heavy (non-hydrogen) atoms. The van der Waals surface area contributed by atoms with Gasteiger partial charge in [0, 0.05) is 21.5 Å². The van der Waals surface area contributed by atoms with Crippen LogP contribution in [0.3, 0.4) is 0 Å². The van der Waals surface area contributed by atoms with Gasteiger partial charge < -0.3 is 5.11 Å². The molecule has 1 heterocycles. The molecule has 1 saturated heterocycles. The van der Waals surface area contributed by atoms with Crippen molar-refractivity contribution < 1.29 is 5.11 Å². The summed E-state index contributed by atoms with van der Waals surface area (Å²) in [5, 5.41) is 12.5. The van der Waals surface area contributed by atoms with E-state index in [2.05, 4.69) is 25.6 Å². The van der Waals surface area contributed by atoms with Gasteiger partial charge in [-0.2, -0.15) is 23.5 Å². The molecule has 1 nitrogen and oxygen atoms in total. The van der Waals surface area contributed by atoms with E-state index >= 15 is 0 Å². The summed E-state index contributed by atoms with van der Waals surface area (Å²) in [6.07, 6.45) is 6.83. The quantitative estimate of drug-likeness (QED) is 0.852. The Morgan fingerprint density at radius 1 is 1.17 bits per heavy atom. The van der Waals surface area contributed by atoms with Crippen LogP contribution in [0.4, 0.5) is 0 Å². The highest BCUT2D eigenvalue weighted by atomic mass is 32.2. The minimum Gasteiger partial charge on any atom is -0.392 e. The van der Waals surface area contributed by atoms with Crippen molar-refractivity contribution in [3.8, 4) is 0 Å². The highest BCUT2D eigenvalue weighted by Crippen LogP contribution is 2.50. The van der Waals surface area contributed by atoms with Gasteiger partial charge in [0.2, 0.25) is 0 Å². The molecule has 2 saturated carbocycles. The lowest BCUT2D eigenvalue weighted by molar-refractivity contribution is 0.126. The summed E-state index contributed by atoms with van der Waals surface area (Å²) >= 11 is 4.09. The number of hydrogen-bond donors (Lipinski definition) is 1.